The normalized spacial score (nSPS) is 13.5. The van der Waals surface area contributed by atoms with Crippen LogP contribution in [0, 0.1) is 0 Å². The van der Waals surface area contributed by atoms with E-state index in [1.807, 2.05) is 26.0 Å². The lowest BCUT2D eigenvalue weighted by Crippen LogP contribution is -2.01. The number of carbonyl (C=O) groups is 1. The van der Waals surface area contributed by atoms with E-state index in [9.17, 15) is 4.79 Å². The highest BCUT2D eigenvalue weighted by Crippen LogP contribution is 2.12. The van der Waals surface area contributed by atoms with Crippen molar-refractivity contribution in [2.24, 2.45) is 0 Å². The molecule has 0 aliphatic carbocycles. The molecule has 0 radical (unpaired) electrons. The van der Waals surface area contributed by atoms with Gasteiger partial charge in [0.05, 0.1) is 0 Å². The Hall–Kier alpha value is -1.31. The van der Waals surface area contributed by atoms with Gasteiger partial charge < -0.3 is 5.32 Å². The maximum absolute atomic E-state index is 10.0. The molecule has 0 heterocycles. The fourth-order valence-corrected chi connectivity index (χ4v) is 0.992. The molecule has 0 aromatic carbocycles. The van der Waals surface area contributed by atoms with Gasteiger partial charge in [-0.05, 0) is 31.4 Å². The largest absolute Gasteiger partial charge is 0.335 e. The van der Waals surface area contributed by atoms with Crippen molar-refractivity contribution < 1.29 is 4.79 Å². The molecule has 0 atom stereocenters. The van der Waals surface area contributed by atoms with Crippen molar-refractivity contribution in [3.63, 3.8) is 0 Å². The molecular weight excluding hydrogens is 162 g/mol. The molecule has 0 spiro atoms. The molecule has 0 unspecified atom stereocenters. The maximum Gasteiger partial charge on any atom is 0.211 e. The van der Waals surface area contributed by atoms with Gasteiger partial charge in [0, 0.05) is 6.20 Å². The molecule has 0 aromatic heterocycles. The van der Waals surface area contributed by atoms with Crippen molar-refractivity contribution in [1.82, 2.24) is 5.32 Å². The fraction of sp³-hybridized carbons (Fsp3) is 0.364. The van der Waals surface area contributed by atoms with Gasteiger partial charge in [0.2, 0.25) is 6.41 Å². The summed E-state index contributed by atoms with van der Waals surface area (Å²) in [5.41, 5.74) is 2.32. The summed E-state index contributed by atoms with van der Waals surface area (Å²) in [7, 11) is 0. The second kappa shape index (κ2) is 7.35. The van der Waals surface area contributed by atoms with E-state index < -0.39 is 0 Å². The molecule has 0 aliphatic rings. The van der Waals surface area contributed by atoms with Crippen molar-refractivity contribution in [1.29, 1.82) is 0 Å². The van der Waals surface area contributed by atoms with Crippen LogP contribution in [0.2, 0.25) is 0 Å². The number of nitrogens with one attached hydrogen (secondary N) is 1. The van der Waals surface area contributed by atoms with Gasteiger partial charge in [0.25, 0.3) is 0 Å². The highest BCUT2D eigenvalue weighted by atomic mass is 16.1. The van der Waals surface area contributed by atoms with E-state index in [4.69, 9.17) is 0 Å². The van der Waals surface area contributed by atoms with Crippen LogP contribution in [0.1, 0.15) is 27.2 Å². The third-order valence-corrected chi connectivity index (χ3v) is 1.75. The molecule has 0 rings (SSSR count). The SMILES string of the molecule is C\C=C/C=C(CC)/C(C)=C\NC=O. The van der Waals surface area contributed by atoms with Crippen molar-refractivity contribution >= 4 is 6.41 Å². The van der Waals surface area contributed by atoms with Crippen LogP contribution in [0.3, 0.4) is 0 Å². The number of amides is 1. The van der Waals surface area contributed by atoms with Crippen LogP contribution in [-0.2, 0) is 4.79 Å². The van der Waals surface area contributed by atoms with E-state index >= 15 is 0 Å². The summed E-state index contributed by atoms with van der Waals surface area (Å²) >= 11 is 0. The molecule has 0 aliphatic heterocycles. The zero-order valence-electron chi connectivity index (χ0n) is 8.50. The van der Waals surface area contributed by atoms with Gasteiger partial charge in [-0.3, -0.25) is 4.79 Å². The minimum atomic E-state index is 0.673. The van der Waals surface area contributed by atoms with Crippen molar-refractivity contribution in [3.05, 3.63) is 35.6 Å². The molecule has 13 heavy (non-hydrogen) atoms. The van der Waals surface area contributed by atoms with Crippen LogP contribution in [0.25, 0.3) is 0 Å². The zero-order chi connectivity index (χ0) is 10.1. The lowest BCUT2D eigenvalue weighted by Gasteiger charge is -2.02. The minimum Gasteiger partial charge on any atom is -0.335 e. The number of hydrogen-bond acceptors (Lipinski definition) is 1. The number of allylic oxidation sites excluding steroid dienone is 5. The van der Waals surface area contributed by atoms with Crippen LogP contribution < -0.4 is 5.32 Å². The summed E-state index contributed by atoms with van der Waals surface area (Å²) in [6, 6.07) is 0. The van der Waals surface area contributed by atoms with E-state index in [0.29, 0.717) is 6.41 Å². The lowest BCUT2D eigenvalue weighted by atomic mass is 10.1. The first-order valence-electron chi connectivity index (χ1n) is 4.45. The van der Waals surface area contributed by atoms with E-state index in [1.165, 1.54) is 5.57 Å². The Morgan fingerprint density at radius 1 is 1.46 bits per heavy atom. The van der Waals surface area contributed by atoms with E-state index in [2.05, 4.69) is 18.3 Å². The molecule has 2 heteroatoms. The number of carbonyl (C=O) groups excluding carboxylic acids is 1. The summed E-state index contributed by atoms with van der Waals surface area (Å²) in [5.74, 6) is 0. The highest BCUT2D eigenvalue weighted by molar-refractivity contribution is 5.49. The minimum absolute atomic E-state index is 0.673. The summed E-state index contributed by atoms with van der Waals surface area (Å²) < 4.78 is 0. The Morgan fingerprint density at radius 2 is 2.15 bits per heavy atom. The van der Waals surface area contributed by atoms with Gasteiger partial charge in [-0.1, -0.05) is 25.2 Å². The van der Waals surface area contributed by atoms with Gasteiger partial charge >= 0.3 is 0 Å². The average molecular weight is 179 g/mol. The second-order valence-electron chi connectivity index (χ2n) is 2.68. The highest BCUT2D eigenvalue weighted by Gasteiger charge is 1.94. The number of hydrogen-bond donors (Lipinski definition) is 1. The first-order chi connectivity index (χ1) is 6.26. The third-order valence-electron chi connectivity index (χ3n) is 1.75. The molecule has 72 valence electrons. The quantitative estimate of drug-likeness (QED) is 0.510. The summed E-state index contributed by atoms with van der Waals surface area (Å²) in [5, 5.41) is 2.53. The van der Waals surface area contributed by atoms with Crippen LogP contribution in [0.4, 0.5) is 0 Å². The van der Waals surface area contributed by atoms with Crippen LogP contribution >= 0.6 is 0 Å². The van der Waals surface area contributed by atoms with Crippen LogP contribution in [0.15, 0.2) is 35.6 Å². The average Bonchev–Trinajstić information content (AvgIpc) is 2.16. The Balaban J connectivity index is 4.47. The zero-order valence-corrected chi connectivity index (χ0v) is 8.50. The standard InChI is InChI=1S/C11H17NO/c1-4-6-7-11(5-2)10(3)8-12-9-13/h4,6-9H,5H2,1-3H3,(H,12,13)/b6-4-,10-8-,11-7+. The van der Waals surface area contributed by atoms with Crippen molar-refractivity contribution in [2.75, 3.05) is 0 Å². The third kappa shape index (κ3) is 5.01. The molecule has 1 amide bonds. The van der Waals surface area contributed by atoms with E-state index in [-0.39, 0.29) is 0 Å². The Labute approximate surface area is 80.0 Å². The van der Waals surface area contributed by atoms with Crippen molar-refractivity contribution in [3.8, 4) is 0 Å². The molecule has 0 saturated carbocycles. The lowest BCUT2D eigenvalue weighted by molar-refractivity contribution is -0.108. The second-order valence-corrected chi connectivity index (χ2v) is 2.68. The molecule has 0 bridgehead atoms. The smallest absolute Gasteiger partial charge is 0.211 e. The predicted octanol–water partition coefficient (Wildman–Crippen LogP) is 2.55. The summed E-state index contributed by atoms with van der Waals surface area (Å²) in [4.78, 5) is 10.0. The molecule has 0 saturated heterocycles. The van der Waals surface area contributed by atoms with Gasteiger partial charge in [0.1, 0.15) is 0 Å². The molecule has 1 N–H and O–H groups in total. The van der Waals surface area contributed by atoms with Crippen molar-refractivity contribution in [2.45, 2.75) is 27.2 Å². The van der Waals surface area contributed by atoms with Gasteiger partial charge in [0.15, 0.2) is 0 Å². The Bertz CT molecular complexity index is 236. The monoisotopic (exact) mass is 179 g/mol. The molecule has 0 aromatic rings. The predicted molar refractivity (Wildman–Crippen MR) is 56.1 cm³/mol. The Kier molecular flexibility index (Phi) is 6.60. The first-order valence-corrected chi connectivity index (χ1v) is 4.45. The fourth-order valence-electron chi connectivity index (χ4n) is 0.992. The topological polar surface area (TPSA) is 29.1 Å². The number of rotatable bonds is 5. The maximum atomic E-state index is 10.0. The van der Waals surface area contributed by atoms with E-state index in [0.717, 1.165) is 12.0 Å². The Morgan fingerprint density at radius 3 is 2.62 bits per heavy atom. The summed E-state index contributed by atoms with van der Waals surface area (Å²) in [6.07, 6.45) is 9.39. The van der Waals surface area contributed by atoms with Crippen LogP contribution in [0.5, 0.6) is 0 Å². The molecular formula is C11H17NO. The molecule has 0 fully saturated rings. The van der Waals surface area contributed by atoms with E-state index in [1.54, 1.807) is 6.20 Å². The van der Waals surface area contributed by atoms with Gasteiger partial charge in [-0.25, -0.2) is 0 Å². The molecule has 2 nitrogen and oxygen atoms in total. The van der Waals surface area contributed by atoms with Crippen LogP contribution in [-0.4, -0.2) is 6.41 Å². The first kappa shape index (κ1) is 11.7. The van der Waals surface area contributed by atoms with Gasteiger partial charge in [-0.2, -0.15) is 0 Å². The van der Waals surface area contributed by atoms with Gasteiger partial charge in [-0.15, -0.1) is 0 Å². The summed E-state index contributed by atoms with van der Waals surface area (Å²) in [6.45, 7) is 6.05.